The van der Waals surface area contributed by atoms with Gasteiger partial charge in [-0.3, -0.25) is 14.2 Å². The Hall–Kier alpha value is -3.26. The van der Waals surface area contributed by atoms with Crippen LogP contribution in [-0.2, 0) is 24.0 Å². The minimum atomic E-state index is -0.537. The maximum atomic E-state index is 13.3. The molecule has 31 heavy (non-hydrogen) atoms. The Kier molecular flexibility index (Phi) is 5.99. The molecule has 0 radical (unpaired) electrons. The molecular formula is C23H26N4O4. The van der Waals surface area contributed by atoms with Crippen molar-refractivity contribution < 1.29 is 14.1 Å². The highest BCUT2D eigenvalue weighted by molar-refractivity contribution is 5.95. The second kappa shape index (κ2) is 8.85. The molecule has 0 bridgehead atoms. The summed E-state index contributed by atoms with van der Waals surface area (Å²) in [5.41, 5.74) is 3.69. The standard InChI is InChI=1S/C23H26N4O4/c1-14-10-12-27(18-9-5-7-16-6-4-8-17(16)18)23(29)20(14)21(28)24-15(2)22-25-19(26-31-22)11-13-30-3/h5,7,9-10,12,15H,4,6,8,11,13H2,1-3H3,(H,24,28). The number of aromatic nitrogens is 3. The lowest BCUT2D eigenvalue weighted by molar-refractivity contribution is 0.0930. The number of benzene rings is 1. The van der Waals surface area contributed by atoms with E-state index in [0.717, 1.165) is 24.9 Å². The number of ether oxygens (including phenoxy) is 1. The number of rotatable bonds is 7. The number of methoxy groups -OCH3 is 1. The first-order valence-corrected chi connectivity index (χ1v) is 10.4. The fourth-order valence-electron chi connectivity index (χ4n) is 3.99. The average molecular weight is 422 g/mol. The van der Waals surface area contributed by atoms with Gasteiger partial charge in [-0.2, -0.15) is 4.98 Å². The van der Waals surface area contributed by atoms with Gasteiger partial charge in [0.1, 0.15) is 11.6 Å². The Morgan fingerprint density at radius 2 is 2.16 bits per heavy atom. The lowest BCUT2D eigenvalue weighted by Crippen LogP contribution is -2.35. The van der Waals surface area contributed by atoms with Crippen LogP contribution in [-0.4, -0.2) is 34.3 Å². The lowest BCUT2D eigenvalue weighted by atomic mass is 10.1. The summed E-state index contributed by atoms with van der Waals surface area (Å²) in [5.74, 6) is 0.330. The monoisotopic (exact) mass is 422 g/mol. The van der Waals surface area contributed by atoms with Crippen LogP contribution < -0.4 is 10.9 Å². The van der Waals surface area contributed by atoms with E-state index in [4.69, 9.17) is 9.26 Å². The molecule has 1 aliphatic rings. The number of nitrogens with zero attached hydrogens (tertiary/aromatic N) is 3. The number of carbonyl (C=O) groups excluding carboxylic acids is 1. The zero-order chi connectivity index (χ0) is 22.0. The van der Waals surface area contributed by atoms with Gasteiger partial charge in [-0.25, -0.2) is 0 Å². The molecule has 1 N–H and O–H groups in total. The van der Waals surface area contributed by atoms with Crippen LogP contribution in [0.5, 0.6) is 0 Å². The number of fused-ring (bicyclic) bond motifs is 1. The number of amides is 1. The van der Waals surface area contributed by atoms with Crippen LogP contribution >= 0.6 is 0 Å². The first kappa shape index (κ1) is 21.0. The van der Waals surface area contributed by atoms with Crippen LogP contribution in [0.4, 0.5) is 0 Å². The molecule has 0 fully saturated rings. The predicted octanol–water partition coefficient (Wildman–Crippen LogP) is 2.70. The zero-order valence-electron chi connectivity index (χ0n) is 18.0. The molecule has 4 rings (SSSR count). The highest BCUT2D eigenvalue weighted by Gasteiger charge is 2.23. The van der Waals surface area contributed by atoms with Gasteiger partial charge in [-0.05, 0) is 61.9 Å². The Balaban J connectivity index is 1.60. The molecule has 0 spiro atoms. The summed E-state index contributed by atoms with van der Waals surface area (Å²) in [6.45, 7) is 3.98. The maximum Gasteiger partial charge on any atom is 0.268 e. The van der Waals surface area contributed by atoms with E-state index in [1.807, 2.05) is 12.1 Å². The Morgan fingerprint density at radius 1 is 1.32 bits per heavy atom. The SMILES string of the molecule is COCCc1noc(C(C)NC(=O)c2c(C)ccn(-c3cccc4c3CCC4)c2=O)n1. The normalized spacial score (nSPS) is 13.8. The van der Waals surface area contributed by atoms with Crippen LogP contribution in [0.15, 0.2) is 39.8 Å². The van der Waals surface area contributed by atoms with E-state index in [2.05, 4.69) is 21.5 Å². The fourth-order valence-corrected chi connectivity index (χ4v) is 3.99. The van der Waals surface area contributed by atoms with Crippen molar-refractivity contribution in [2.45, 2.75) is 45.6 Å². The molecule has 3 aromatic rings. The Bertz CT molecular complexity index is 1160. The zero-order valence-corrected chi connectivity index (χ0v) is 18.0. The highest BCUT2D eigenvalue weighted by atomic mass is 16.5. The molecule has 2 aromatic heterocycles. The summed E-state index contributed by atoms with van der Waals surface area (Å²) in [4.78, 5) is 30.6. The van der Waals surface area contributed by atoms with Crippen molar-refractivity contribution >= 4 is 5.91 Å². The summed E-state index contributed by atoms with van der Waals surface area (Å²) in [5, 5.41) is 6.71. The van der Waals surface area contributed by atoms with Gasteiger partial charge in [-0.1, -0.05) is 17.3 Å². The highest BCUT2D eigenvalue weighted by Crippen LogP contribution is 2.27. The van der Waals surface area contributed by atoms with Crippen molar-refractivity contribution in [3.63, 3.8) is 0 Å². The first-order valence-electron chi connectivity index (χ1n) is 10.4. The van der Waals surface area contributed by atoms with Gasteiger partial charge in [0.25, 0.3) is 11.5 Å². The van der Waals surface area contributed by atoms with Crippen LogP contribution in [0.2, 0.25) is 0 Å². The number of hydrogen-bond acceptors (Lipinski definition) is 6. The first-order chi connectivity index (χ1) is 15.0. The molecule has 8 nitrogen and oxygen atoms in total. The van der Waals surface area contributed by atoms with E-state index in [9.17, 15) is 9.59 Å². The summed E-state index contributed by atoms with van der Waals surface area (Å²) in [6.07, 6.45) is 5.29. The van der Waals surface area contributed by atoms with Gasteiger partial charge in [0.15, 0.2) is 5.82 Å². The largest absolute Gasteiger partial charge is 0.384 e. The van der Waals surface area contributed by atoms with Crippen molar-refractivity contribution in [2.24, 2.45) is 0 Å². The maximum absolute atomic E-state index is 13.3. The number of nitrogens with one attached hydrogen (secondary N) is 1. The van der Waals surface area contributed by atoms with Crippen molar-refractivity contribution in [3.8, 4) is 5.69 Å². The third-order valence-electron chi connectivity index (χ3n) is 5.64. The van der Waals surface area contributed by atoms with E-state index in [1.165, 1.54) is 11.1 Å². The summed E-state index contributed by atoms with van der Waals surface area (Å²) < 4.78 is 11.8. The van der Waals surface area contributed by atoms with Crippen LogP contribution in [0.1, 0.15) is 58.1 Å². The van der Waals surface area contributed by atoms with Crippen LogP contribution in [0, 0.1) is 6.92 Å². The van der Waals surface area contributed by atoms with Crippen molar-refractivity contribution in [3.05, 3.63) is 74.8 Å². The second-order valence-electron chi connectivity index (χ2n) is 7.80. The van der Waals surface area contributed by atoms with Crippen molar-refractivity contribution in [2.75, 3.05) is 13.7 Å². The van der Waals surface area contributed by atoms with Crippen LogP contribution in [0.25, 0.3) is 5.69 Å². The third-order valence-corrected chi connectivity index (χ3v) is 5.64. The van der Waals surface area contributed by atoms with E-state index in [0.29, 0.717) is 24.4 Å². The van der Waals surface area contributed by atoms with Crippen LogP contribution in [0.3, 0.4) is 0 Å². The molecule has 162 valence electrons. The minimum Gasteiger partial charge on any atom is -0.384 e. The van der Waals surface area contributed by atoms with Gasteiger partial charge in [-0.15, -0.1) is 0 Å². The van der Waals surface area contributed by atoms with Gasteiger partial charge >= 0.3 is 0 Å². The molecule has 1 unspecified atom stereocenters. The van der Waals surface area contributed by atoms with Crippen molar-refractivity contribution in [1.29, 1.82) is 0 Å². The third kappa shape index (κ3) is 4.16. The molecule has 0 aliphatic heterocycles. The molecule has 0 saturated heterocycles. The molecule has 8 heteroatoms. The molecule has 1 aromatic carbocycles. The molecule has 0 saturated carbocycles. The molecule has 1 atom stereocenters. The Labute approximate surface area is 180 Å². The van der Waals surface area contributed by atoms with Gasteiger partial charge in [0.2, 0.25) is 5.89 Å². The van der Waals surface area contributed by atoms with E-state index in [1.54, 1.807) is 37.8 Å². The van der Waals surface area contributed by atoms with E-state index >= 15 is 0 Å². The topological polar surface area (TPSA) is 99.3 Å². The molecule has 2 heterocycles. The predicted molar refractivity (Wildman–Crippen MR) is 115 cm³/mol. The minimum absolute atomic E-state index is 0.115. The molecular weight excluding hydrogens is 396 g/mol. The number of pyridine rings is 1. The number of hydrogen-bond donors (Lipinski definition) is 1. The Morgan fingerprint density at radius 3 is 2.97 bits per heavy atom. The summed E-state index contributed by atoms with van der Waals surface area (Å²) >= 11 is 0. The van der Waals surface area contributed by atoms with Gasteiger partial charge in [0.05, 0.1) is 12.3 Å². The van der Waals surface area contributed by atoms with Gasteiger partial charge in [0, 0.05) is 19.7 Å². The number of carbonyl (C=O) groups is 1. The molecule has 1 amide bonds. The molecule has 1 aliphatic carbocycles. The lowest BCUT2D eigenvalue weighted by Gasteiger charge is -2.15. The van der Waals surface area contributed by atoms with E-state index in [-0.39, 0.29) is 17.0 Å². The van der Waals surface area contributed by atoms with Crippen molar-refractivity contribution in [1.82, 2.24) is 20.0 Å². The quantitative estimate of drug-likeness (QED) is 0.629. The second-order valence-corrected chi connectivity index (χ2v) is 7.80. The summed E-state index contributed by atoms with van der Waals surface area (Å²) in [7, 11) is 1.60. The fraction of sp³-hybridized carbons (Fsp3) is 0.391. The smallest absolute Gasteiger partial charge is 0.268 e. The number of aryl methyl sites for hydroxylation is 2. The summed E-state index contributed by atoms with van der Waals surface area (Å²) in [6, 6.07) is 7.26. The van der Waals surface area contributed by atoms with E-state index < -0.39 is 11.9 Å². The average Bonchev–Trinajstić information content (AvgIpc) is 3.42. The van der Waals surface area contributed by atoms with Gasteiger partial charge < -0.3 is 14.6 Å².